The molecule has 3 aromatic heterocycles. The molecule has 0 atom stereocenters. The van der Waals surface area contributed by atoms with E-state index in [-0.39, 0.29) is 23.8 Å². The number of hydrogen-bond donors (Lipinski definition) is 1. The van der Waals surface area contributed by atoms with Gasteiger partial charge in [-0.15, -0.1) is 0 Å². The summed E-state index contributed by atoms with van der Waals surface area (Å²) >= 11 is 0. The fraction of sp³-hybridized carbons (Fsp3) is 0.360. The highest BCUT2D eigenvalue weighted by molar-refractivity contribution is 5.75. The van der Waals surface area contributed by atoms with Gasteiger partial charge < -0.3 is 19.9 Å². The van der Waals surface area contributed by atoms with Crippen LogP contribution in [0.1, 0.15) is 30.7 Å². The van der Waals surface area contributed by atoms with Crippen molar-refractivity contribution in [1.82, 2.24) is 34.8 Å². The first-order chi connectivity index (χ1) is 17.5. The highest BCUT2D eigenvalue weighted by Gasteiger charge is 2.44. The zero-order valence-electron chi connectivity index (χ0n) is 20.3. The van der Waals surface area contributed by atoms with Crippen LogP contribution in [0.15, 0.2) is 53.6 Å². The summed E-state index contributed by atoms with van der Waals surface area (Å²) in [7, 11) is 3.35. The summed E-state index contributed by atoms with van der Waals surface area (Å²) in [6.07, 6.45) is 9.79. The number of anilines is 1. The lowest BCUT2D eigenvalue weighted by Crippen LogP contribution is -2.36. The maximum Gasteiger partial charge on any atom is 0.261 e. The molecule has 1 fully saturated rings. The number of rotatable bonds is 9. The summed E-state index contributed by atoms with van der Waals surface area (Å²) in [5, 5.41) is 8.63. The molecule has 36 heavy (non-hydrogen) atoms. The molecule has 0 aliphatic heterocycles. The van der Waals surface area contributed by atoms with Gasteiger partial charge in [0.15, 0.2) is 5.82 Å². The fourth-order valence-electron chi connectivity index (χ4n) is 4.35. The zero-order valence-corrected chi connectivity index (χ0v) is 20.3. The van der Waals surface area contributed by atoms with Crippen LogP contribution in [0.25, 0.3) is 22.6 Å². The fourth-order valence-corrected chi connectivity index (χ4v) is 4.35. The highest BCUT2D eigenvalue weighted by Crippen LogP contribution is 2.48. The van der Waals surface area contributed by atoms with Crippen LogP contribution in [0.4, 0.5) is 5.95 Å². The quantitative estimate of drug-likeness (QED) is 0.376. The zero-order chi connectivity index (χ0) is 25.1. The molecule has 2 N–H and O–H groups in total. The molecule has 0 unspecified atom stereocenters. The number of carbonyl (C=O) groups is 1. The van der Waals surface area contributed by atoms with Crippen LogP contribution in [0.3, 0.4) is 0 Å². The second kappa shape index (κ2) is 9.86. The Morgan fingerprint density at radius 1 is 1.14 bits per heavy atom. The van der Waals surface area contributed by atoms with E-state index in [0.717, 1.165) is 36.0 Å². The van der Waals surface area contributed by atoms with Crippen molar-refractivity contribution >= 4 is 11.9 Å². The smallest absolute Gasteiger partial charge is 0.261 e. The molecule has 0 radical (unpaired) electrons. The minimum atomic E-state index is -0.284. The van der Waals surface area contributed by atoms with Crippen molar-refractivity contribution in [2.45, 2.75) is 31.2 Å². The molecule has 11 nitrogen and oxygen atoms in total. The Labute approximate surface area is 208 Å². The Hall–Kier alpha value is -4.12. The Balaban J connectivity index is 1.32. The van der Waals surface area contributed by atoms with Crippen molar-refractivity contribution in [3.63, 3.8) is 0 Å². The van der Waals surface area contributed by atoms with E-state index in [1.165, 1.54) is 0 Å². The molecular formula is C25H28N8O3. The number of ether oxygens (including phenoxy) is 1. The Morgan fingerprint density at radius 2 is 1.89 bits per heavy atom. The van der Waals surface area contributed by atoms with Gasteiger partial charge in [-0.1, -0.05) is 35.8 Å². The van der Waals surface area contributed by atoms with Crippen molar-refractivity contribution in [3.05, 3.63) is 60.4 Å². The number of carbonyl (C=O) groups excluding carboxylic acids is 1. The summed E-state index contributed by atoms with van der Waals surface area (Å²) < 4.78 is 12.2. The molecule has 1 aliphatic rings. The van der Waals surface area contributed by atoms with Crippen LogP contribution < -0.4 is 5.73 Å². The van der Waals surface area contributed by atoms with E-state index in [1.54, 1.807) is 48.5 Å². The molecule has 11 heteroatoms. The summed E-state index contributed by atoms with van der Waals surface area (Å²) in [5.41, 5.74) is 9.05. The first-order valence-corrected chi connectivity index (χ1v) is 11.8. The first kappa shape index (κ1) is 23.6. The van der Waals surface area contributed by atoms with Gasteiger partial charge in [0.1, 0.15) is 6.54 Å². The van der Waals surface area contributed by atoms with Gasteiger partial charge >= 0.3 is 0 Å². The Bertz CT molecular complexity index is 1330. The molecule has 1 saturated carbocycles. The molecule has 186 valence electrons. The number of aromatic nitrogens is 6. The SMILES string of the molecule is COCCN(C)C(=O)Cn1cc(-c2nc(C3(c4ccc(-c5cnc(N)nc5)cc4)CCC3)no2)cn1. The molecule has 1 aliphatic carbocycles. The standard InChI is InChI=1S/C25H28N8O3/c1-32(10-11-35-2)21(34)16-33-15-19(14-29-33)22-30-23(31-36-22)25(8-3-9-25)20-6-4-17(5-7-20)18-12-27-24(26)28-13-18/h4-7,12-15H,3,8-11,16H2,1-2H3,(H2,26,27,28). The second-order valence-corrected chi connectivity index (χ2v) is 9.00. The third-order valence-electron chi connectivity index (χ3n) is 6.74. The first-order valence-electron chi connectivity index (χ1n) is 11.8. The summed E-state index contributed by atoms with van der Waals surface area (Å²) in [4.78, 5) is 26.9. The summed E-state index contributed by atoms with van der Waals surface area (Å²) in [6, 6.07) is 8.31. The summed E-state index contributed by atoms with van der Waals surface area (Å²) in [5.74, 6) is 1.24. The Kier molecular flexibility index (Phi) is 6.47. The van der Waals surface area contributed by atoms with Gasteiger partial charge in [-0.05, 0) is 24.0 Å². The number of nitrogens with two attached hydrogens (primary N) is 1. The number of hydrogen-bond acceptors (Lipinski definition) is 9. The van der Waals surface area contributed by atoms with Gasteiger partial charge in [0.2, 0.25) is 11.9 Å². The van der Waals surface area contributed by atoms with Crippen molar-refractivity contribution in [2.75, 3.05) is 33.0 Å². The largest absolute Gasteiger partial charge is 0.383 e. The number of methoxy groups -OCH3 is 1. The van der Waals surface area contributed by atoms with Crippen LogP contribution in [0.5, 0.6) is 0 Å². The molecule has 4 aromatic rings. The monoisotopic (exact) mass is 488 g/mol. The van der Waals surface area contributed by atoms with E-state index in [0.29, 0.717) is 30.4 Å². The molecular weight excluding hydrogens is 460 g/mol. The summed E-state index contributed by atoms with van der Waals surface area (Å²) in [6.45, 7) is 1.13. The lowest BCUT2D eigenvalue weighted by atomic mass is 9.64. The van der Waals surface area contributed by atoms with E-state index in [9.17, 15) is 4.79 Å². The number of likely N-dealkylation sites (N-methyl/N-ethyl adjacent to an activating group) is 1. The highest BCUT2D eigenvalue weighted by atomic mass is 16.5. The molecule has 5 rings (SSSR count). The van der Waals surface area contributed by atoms with Gasteiger partial charge in [0, 0.05) is 44.9 Å². The van der Waals surface area contributed by atoms with E-state index in [1.807, 2.05) is 0 Å². The van der Waals surface area contributed by atoms with Crippen LogP contribution >= 0.6 is 0 Å². The predicted octanol–water partition coefficient (Wildman–Crippen LogP) is 2.55. The normalized spacial score (nSPS) is 14.4. The average molecular weight is 489 g/mol. The van der Waals surface area contributed by atoms with Gasteiger partial charge in [0.25, 0.3) is 5.89 Å². The van der Waals surface area contributed by atoms with Crippen LogP contribution in [0, 0.1) is 0 Å². The molecule has 0 bridgehead atoms. The number of benzene rings is 1. The van der Waals surface area contributed by atoms with Crippen LogP contribution in [0.2, 0.25) is 0 Å². The van der Waals surface area contributed by atoms with Gasteiger partial charge in [-0.3, -0.25) is 9.48 Å². The number of nitrogen functional groups attached to an aromatic ring is 1. The van der Waals surface area contributed by atoms with Crippen LogP contribution in [-0.4, -0.2) is 68.0 Å². The third kappa shape index (κ3) is 4.57. The maximum atomic E-state index is 12.4. The lowest BCUT2D eigenvalue weighted by Gasteiger charge is -2.39. The van der Waals surface area contributed by atoms with E-state index in [2.05, 4.69) is 44.5 Å². The van der Waals surface area contributed by atoms with Crippen LogP contribution in [-0.2, 0) is 21.5 Å². The molecule has 1 aromatic carbocycles. The van der Waals surface area contributed by atoms with Crippen molar-refractivity contribution in [2.24, 2.45) is 0 Å². The van der Waals surface area contributed by atoms with E-state index < -0.39 is 0 Å². The van der Waals surface area contributed by atoms with Gasteiger partial charge in [-0.2, -0.15) is 10.1 Å². The van der Waals surface area contributed by atoms with Crippen molar-refractivity contribution < 1.29 is 14.1 Å². The van der Waals surface area contributed by atoms with E-state index in [4.69, 9.17) is 20.0 Å². The van der Waals surface area contributed by atoms with Crippen molar-refractivity contribution in [1.29, 1.82) is 0 Å². The van der Waals surface area contributed by atoms with Crippen molar-refractivity contribution in [3.8, 4) is 22.6 Å². The topological polar surface area (TPSA) is 138 Å². The average Bonchev–Trinajstić information content (AvgIpc) is 3.53. The predicted molar refractivity (Wildman–Crippen MR) is 132 cm³/mol. The number of amides is 1. The second-order valence-electron chi connectivity index (χ2n) is 9.00. The minimum absolute atomic E-state index is 0.0599. The van der Waals surface area contributed by atoms with Gasteiger partial charge in [0.05, 0.1) is 23.8 Å². The molecule has 0 spiro atoms. The lowest BCUT2D eigenvalue weighted by molar-refractivity contribution is -0.131. The molecule has 1 amide bonds. The van der Waals surface area contributed by atoms with E-state index >= 15 is 0 Å². The van der Waals surface area contributed by atoms with Gasteiger partial charge in [-0.25, -0.2) is 9.97 Å². The maximum absolute atomic E-state index is 12.4. The molecule has 3 heterocycles. The Morgan fingerprint density at radius 3 is 2.56 bits per heavy atom. The molecule has 0 saturated heterocycles. The minimum Gasteiger partial charge on any atom is -0.383 e. The number of nitrogens with zero attached hydrogens (tertiary/aromatic N) is 7. The third-order valence-corrected chi connectivity index (χ3v) is 6.74.